The summed E-state index contributed by atoms with van der Waals surface area (Å²) >= 11 is 0. The monoisotopic (exact) mass is 578 g/mol. The molecule has 1 saturated heterocycles. The Bertz CT molecular complexity index is 608. The number of nitrogens with one attached hydrogen (secondary N) is 1. The quantitative estimate of drug-likeness (QED) is 0.452. The van der Waals surface area contributed by atoms with Crippen LogP contribution in [0, 0.1) is 0 Å². The Kier molecular flexibility index (Phi) is 10.4. The molecule has 2 nitrogen and oxygen atoms in total. The maximum absolute atomic E-state index is 4.02. The average molecular weight is 578 g/mol. The molecule has 1 heterocycles. The first kappa shape index (κ1) is 26.4. The number of piperidine rings is 1. The van der Waals surface area contributed by atoms with E-state index in [1.165, 1.54) is 37.9 Å². The van der Waals surface area contributed by atoms with Gasteiger partial charge in [0.05, 0.1) is 0 Å². The molecule has 146 valence electrons. The van der Waals surface area contributed by atoms with Crippen LogP contribution in [0.4, 0.5) is 0 Å². The molecule has 1 aromatic carbocycles. The van der Waals surface area contributed by atoms with E-state index in [1.54, 1.807) is 11.3 Å². The van der Waals surface area contributed by atoms with Crippen LogP contribution in [-0.4, -0.2) is 31.8 Å². The molecule has 1 aliphatic carbocycles. The summed E-state index contributed by atoms with van der Waals surface area (Å²) in [5.41, 5.74) is 5.30. The van der Waals surface area contributed by atoms with Gasteiger partial charge in [-0.2, -0.15) is 0 Å². The Morgan fingerprint density at radius 3 is 2.15 bits per heavy atom. The van der Waals surface area contributed by atoms with Crippen molar-refractivity contribution in [2.75, 3.05) is 13.1 Å². The number of rotatable bonds is 3. The fraction of sp³-hybridized carbons (Fsp3) is 0.600. The molecule has 1 aliphatic heterocycles. The normalized spacial score (nSPS) is 19.5. The predicted molar refractivity (Wildman–Crippen MR) is 103 cm³/mol. The van der Waals surface area contributed by atoms with Crippen LogP contribution in [0.3, 0.4) is 0 Å². The van der Waals surface area contributed by atoms with E-state index in [4.69, 9.17) is 0 Å². The van der Waals surface area contributed by atoms with Gasteiger partial charge in [-0.1, -0.05) is 37.4 Å². The Hall–Kier alpha value is 0.387. The predicted octanol–water partition coefficient (Wildman–Crippen LogP) is -1.25. The number of hydrogen-bond donors (Lipinski definition) is 1. The minimum Gasteiger partial charge on any atom is -1.00 e. The van der Waals surface area contributed by atoms with Gasteiger partial charge in [0.1, 0.15) is 8.24 Å². The van der Waals surface area contributed by atoms with E-state index in [0.717, 1.165) is 0 Å². The van der Waals surface area contributed by atoms with Crippen molar-refractivity contribution < 1.29 is 50.7 Å². The number of hydrogen-bond acceptors (Lipinski definition) is 2. The smallest absolute Gasteiger partial charge is 0.133 e. The molecule has 0 saturated carbocycles. The number of nitrogens with zero attached hydrogens (tertiary/aromatic N) is 1. The van der Waals surface area contributed by atoms with Gasteiger partial charge in [-0.15, -0.1) is 0 Å². The second-order valence-corrected chi connectivity index (χ2v) is 13.0. The van der Waals surface area contributed by atoms with Gasteiger partial charge >= 0.3 is 0 Å². The zero-order valence-corrected chi connectivity index (χ0v) is 22.8. The van der Waals surface area contributed by atoms with Crippen LogP contribution in [0.2, 0.25) is 13.1 Å². The average Bonchev–Trinajstić information content (AvgIpc) is 2.86. The summed E-state index contributed by atoms with van der Waals surface area (Å²) in [7, 11) is -1.66. The van der Waals surface area contributed by atoms with E-state index >= 15 is 0 Å². The third-order valence-electron chi connectivity index (χ3n) is 5.05. The van der Waals surface area contributed by atoms with E-state index in [0.29, 0.717) is 5.54 Å². The minimum atomic E-state index is -1.66. The molecule has 0 aromatic heterocycles. The number of fused-ring (bicyclic) bond motifs is 1. The SMILES string of the molecule is CC(C)(C)N[Si](C)(C)C1C(N2CCCCC2)=Cc2ccccc21.[Cl-].[Cl-].[Hf]. The van der Waals surface area contributed by atoms with Gasteiger partial charge in [0.2, 0.25) is 0 Å². The molecule has 0 bridgehead atoms. The number of halogens is 2. The largest absolute Gasteiger partial charge is 1.00 e. The summed E-state index contributed by atoms with van der Waals surface area (Å²) in [6.07, 6.45) is 6.55. The molecule has 1 unspecified atom stereocenters. The van der Waals surface area contributed by atoms with E-state index in [2.05, 4.69) is 74.1 Å². The molecule has 0 spiro atoms. The summed E-state index contributed by atoms with van der Waals surface area (Å²) in [6, 6.07) is 9.03. The van der Waals surface area contributed by atoms with Crippen LogP contribution in [0.15, 0.2) is 30.0 Å². The topological polar surface area (TPSA) is 15.3 Å². The van der Waals surface area contributed by atoms with Crippen molar-refractivity contribution in [3.8, 4) is 0 Å². The first-order chi connectivity index (χ1) is 10.8. The minimum absolute atomic E-state index is 0. The number of allylic oxidation sites excluding steroid dienone is 1. The van der Waals surface area contributed by atoms with Crippen molar-refractivity contribution >= 4 is 14.3 Å². The van der Waals surface area contributed by atoms with Crippen LogP contribution < -0.4 is 29.8 Å². The second-order valence-electron chi connectivity index (χ2n) is 8.78. The van der Waals surface area contributed by atoms with Crippen molar-refractivity contribution in [2.24, 2.45) is 0 Å². The first-order valence-electron chi connectivity index (χ1n) is 9.13. The maximum Gasteiger partial charge on any atom is 0.133 e. The molecule has 3 rings (SSSR count). The number of likely N-dealkylation sites (tertiary alicyclic amines) is 1. The molecular weight excluding hydrogens is 546 g/mol. The van der Waals surface area contributed by atoms with Crippen LogP contribution in [0.25, 0.3) is 6.08 Å². The van der Waals surface area contributed by atoms with E-state index in [-0.39, 0.29) is 56.2 Å². The summed E-state index contributed by atoms with van der Waals surface area (Å²) in [5.74, 6) is 0. The Labute approximate surface area is 192 Å². The van der Waals surface area contributed by atoms with Gasteiger partial charge in [0, 0.05) is 55.7 Å². The van der Waals surface area contributed by atoms with Crippen LogP contribution in [0.5, 0.6) is 0 Å². The molecule has 1 fully saturated rings. The molecule has 1 atom stereocenters. The van der Waals surface area contributed by atoms with Crippen LogP contribution >= 0.6 is 0 Å². The molecule has 1 N–H and O–H groups in total. The Morgan fingerprint density at radius 1 is 1.00 bits per heavy atom. The van der Waals surface area contributed by atoms with Crippen molar-refractivity contribution in [3.63, 3.8) is 0 Å². The molecule has 1 aromatic rings. The molecule has 26 heavy (non-hydrogen) atoms. The van der Waals surface area contributed by atoms with Crippen molar-refractivity contribution in [1.29, 1.82) is 0 Å². The second kappa shape index (κ2) is 10.2. The summed E-state index contributed by atoms with van der Waals surface area (Å²) < 4.78 is 0. The third-order valence-corrected chi connectivity index (χ3v) is 8.49. The third kappa shape index (κ3) is 5.94. The van der Waals surface area contributed by atoms with E-state index < -0.39 is 8.24 Å². The molecule has 6 heteroatoms. The van der Waals surface area contributed by atoms with E-state index in [9.17, 15) is 0 Å². The first-order valence-corrected chi connectivity index (χ1v) is 12.2. The zero-order chi connectivity index (χ0) is 16.7. The zero-order valence-electron chi connectivity index (χ0n) is 16.7. The maximum atomic E-state index is 4.02. The van der Waals surface area contributed by atoms with Crippen molar-refractivity contribution in [2.45, 2.75) is 64.2 Å². The summed E-state index contributed by atoms with van der Waals surface area (Å²) in [4.78, 5) is 6.69. The summed E-state index contributed by atoms with van der Waals surface area (Å²) in [6.45, 7) is 14.4. The van der Waals surface area contributed by atoms with Crippen LogP contribution in [-0.2, 0) is 25.8 Å². The number of benzene rings is 1. The van der Waals surface area contributed by atoms with Crippen molar-refractivity contribution in [3.05, 3.63) is 41.1 Å². The van der Waals surface area contributed by atoms with Crippen molar-refractivity contribution in [1.82, 2.24) is 9.88 Å². The summed E-state index contributed by atoms with van der Waals surface area (Å²) in [5, 5.41) is 0. The van der Waals surface area contributed by atoms with Gasteiger partial charge in [-0.05, 0) is 57.2 Å². The van der Waals surface area contributed by atoms with Gasteiger partial charge < -0.3 is 34.7 Å². The van der Waals surface area contributed by atoms with Gasteiger partial charge in [-0.3, -0.25) is 0 Å². The molecular formula is C20H32Cl2HfN2Si-2. The van der Waals surface area contributed by atoms with Gasteiger partial charge in [0.15, 0.2) is 0 Å². The van der Waals surface area contributed by atoms with Crippen LogP contribution in [0.1, 0.15) is 56.7 Å². The van der Waals surface area contributed by atoms with E-state index in [1.807, 2.05) is 0 Å². The fourth-order valence-corrected chi connectivity index (χ4v) is 8.65. The Morgan fingerprint density at radius 2 is 1.58 bits per heavy atom. The molecule has 2 aliphatic rings. The van der Waals surface area contributed by atoms with Gasteiger partial charge in [-0.25, -0.2) is 0 Å². The Balaban J connectivity index is 0.00000208. The van der Waals surface area contributed by atoms with Gasteiger partial charge in [0.25, 0.3) is 0 Å². The fourth-order valence-electron chi connectivity index (χ4n) is 4.53. The molecule has 0 amide bonds. The standard InChI is InChI=1S/C20H32N2Si.2ClH.Hf/c1-20(2,3)21-23(4,5)19-17-12-8-7-11-16(17)15-18(19)22-13-9-6-10-14-22;;;/h7-8,11-12,15,19,21H,6,9-10,13-14H2,1-5H3;2*1H;/p-2. The molecule has 0 radical (unpaired) electrons.